The van der Waals surface area contributed by atoms with Crippen LogP contribution in [0.1, 0.15) is 10.6 Å². The molecular weight excluding hydrogens is 240 g/mol. The van der Waals surface area contributed by atoms with Crippen molar-refractivity contribution in [3.8, 4) is 17.2 Å². The van der Waals surface area contributed by atoms with Gasteiger partial charge in [-0.15, -0.1) is 5.10 Å². The van der Waals surface area contributed by atoms with Crippen LogP contribution in [0, 0.1) is 0 Å². The first kappa shape index (κ1) is 11.8. The summed E-state index contributed by atoms with van der Waals surface area (Å²) in [6.45, 7) is 0. The fourth-order valence-corrected chi connectivity index (χ4v) is 1.45. The van der Waals surface area contributed by atoms with E-state index in [0.29, 0.717) is 17.2 Å². The van der Waals surface area contributed by atoms with Crippen LogP contribution in [0.3, 0.4) is 0 Å². The van der Waals surface area contributed by atoms with Gasteiger partial charge in [0.05, 0.1) is 14.2 Å². The van der Waals surface area contributed by atoms with Gasteiger partial charge in [-0.1, -0.05) is 0 Å². The molecule has 18 heavy (non-hydrogen) atoms. The third-order valence-electron chi connectivity index (χ3n) is 2.28. The molecule has 0 aliphatic rings. The molecule has 1 N–H and O–H groups in total. The van der Waals surface area contributed by atoms with Crippen LogP contribution in [0.5, 0.6) is 11.5 Å². The Morgan fingerprint density at radius 3 is 2.72 bits per heavy atom. The van der Waals surface area contributed by atoms with Gasteiger partial charge in [0.25, 0.3) is 5.82 Å². The molecule has 0 aliphatic carbocycles. The van der Waals surface area contributed by atoms with Gasteiger partial charge in [-0.3, -0.25) is 0 Å². The van der Waals surface area contributed by atoms with Crippen molar-refractivity contribution in [2.45, 2.75) is 0 Å². The van der Waals surface area contributed by atoms with Gasteiger partial charge in [0.15, 0.2) is 0 Å². The normalized spacial score (nSPS) is 10.1. The molecule has 0 spiro atoms. The van der Waals surface area contributed by atoms with Gasteiger partial charge in [-0.2, -0.15) is 4.68 Å². The van der Waals surface area contributed by atoms with Crippen LogP contribution in [0.15, 0.2) is 18.2 Å². The van der Waals surface area contributed by atoms with Crippen molar-refractivity contribution < 1.29 is 19.4 Å². The monoisotopic (exact) mass is 250 g/mol. The second-order valence-corrected chi connectivity index (χ2v) is 3.26. The lowest BCUT2D eigenvalue weighted by Gasteiger charge is -2.10. The topological polar surface area (TPSA) is 99.4 Å². The Morgan fingerprint density at radius 1 is 1.33 bits per heavy atom. The highest BCUT2D eigenvalue weighted by molar-refractivity contribution is 5.84. The number of aromatic carboxylic acids is 1. The smallest absolute Gasteiger partial charge is 0.376 e. The lowest BCUT2D eigenvalue weighted by Crippen LogP contribution is -2.10. The first-order chi connectivity index (χ1) is 8.67. The largest absolute Gasteiger partial charge is 0.497 e. The van der Waals surface area contributed by atoms with Crippen LogP contribution >= 0.6 is 0 Å². The standard InChI is InChI=1S/C10H10N4O4/c1-17-6-3-4-8(18-2)7(5-6)14-9(10(15)16)11-12-13-14/h3-5H,1-2H3,(H,15,16). The number of hydrogen-bond acceptors (Lipinski definition) is 6. The van der Waals surface area contributed by atoms with E-state index in [4.69, 9.17) is 14.6 Å². The molecule has 2 rings (SSSR count). The Kier molecular flexibility index (Phi) is 3.09. The number of aromatic nitrogens is 4. The summed E-state index contributed by atoms with van der Waals surface area (Å²) >= 11 is 0. The molecule has 94 valence electrons. The van der Waals surface area contributed by atoms with Crippen LogP contribution in [0.4, 0.5) is 0 Å². The Balaban J connectivity index is 2.61. The molecule has 0 unspecified atom stereocenters. The van der Waals surface area contributed by atoms with Crippen LogP contribution < -0.4 is 9.47 Å². The molecule has 8 nitrogen and oxygen atoms in total. The second-order valence-electron chi connectivity index (χ2n) is 3.26. The van der Waals surface area contributed by atoms with Crippen molar-refractivity contribution in [2.75, 3.05) is 14.2 Å². The third-order valence-corrected chi connectivity index (χ3v) is 2.28. The highest BCUT2D eigenvalue weighted by Gasteiger charge is 2.18. The van der Waals surface area contributed by atoms with Crippen molar-refractivity contribution in [1.82, 2.24) is 20.2 Å². The maximum Gasteiger partial charge on any atom is 0.376 e. The van der Waals surface area contributed by atoms with Crippen molar-refractivity contribution in [1.29, 1.82) is 0 Å². The highest BCUT2D eigenvalue weighted by atomic mass is 16.5. The minimum atomic E-state index is -1.23. The lowest BCUT2D eigenvalue weighted by molar-refractivity contribution is 0.0680. The average molecular weight is 250 g/mol. The SMILES string of the molecule is COc1ccc(OC)c(-n2nnnc2C(=O)O)c1. The summed E-state index contributed by atoms with van der Waals surface area (Å²) in [4.78, 5) is 11.0. The molecule has 0 bridgehead atoms. The predicted molar refractivity (Wildman–Crippen MR) is 59.2 cm³/mol. The first-order valence-electron chi connectivity index (χ1n) is 4.91. The summed E-state index contributed by atoms with van der Waals surface area (Å²) in [6.07, 6.45) is 0. The van der Waals surface area contributed by atoms with Gasteiger partial charge in [0, 0.05) is 6.07 Å². The van der Waals surface area contributed by atoms with Crippen molar-refractivity contribution in [3.05, 3.63) is 24.0 Å². The zero-order chi connectivity index (χ0) is 13.1. The minimum absolute atomic E-state index is 0.304. The molecule has 0 aliphatic heterocycles. The van der Waals surface area contributed by atoms with Crippen LogP contribution in [-0.2, 0) is 0 Å². The highest BCUT2D eigenvalue weighted by Crippen LogP contribution is 2.27. The van der Waals surface area contributed by atoms with Crippen LogP contribution in [-0.4, -0.2) is 45.5 Å². The zero-order valence-electron chi connectivity index (χ0n) is 9.69. The number of benzene rings is 1. The Morgan fingerprint density at radius 2 is 2.11 bits per heavy atom. The van der Waals surface area contributed by atoms with E-state index in [1.165, 1.54) is 14.2 Å². The summed E-state index contributed by atoms with van der Waals surface area (Å²) < 4.78 is 11.3. The molecule has 0 fully saturated rings. The minimum Gasteiger partial charge on any atom is -0.497 e. The Bertz CT molecular complexity index is 581. The zero-order valence-corrected chi connectivity index (χ0v) is 9.69. The van der Waals surface area contributed by atoms with Crippen molar-refractivity contribution in [2.24, 2.45) is 0 Å². The molecule has 1 aromatic heterocycles. The fraction of sp³-hybridized carbons (Fsp3) is 0.200. The molecule has 2 aromatic rings. The number of carboxylic acids is 1. The maximum atomic E-state index is 11.0. The van der Waals surface area contributed by atoms with Gasteiger partial charge in [0.2, 0.25) is 0 Å². The van der Waals surface area contributed by atoms with E-state index in [9.17, 15) is 4.79 Å². The van der Waals surface area contributed by atoms with E-state index < -0.39 is 5.97 Å². The molecule has 0 radical (unpaired) electrons. The maximum absolute atomic E-state index is 11.0. The number of carboxylic acid groups (broad SMARTS) is 1. The van der Waals surface area contributed by atoms with Crippen molar-refractivity contribution >= 4 is 5.97 Å². The predicted octanol–water partition coefficient (Wildman–Crippen LogP) is 0.378. The molecular formula is C10H10N4O4. The van der Waals surface area contributed by atoms with Crippen molar-refractivity contribution in [3.63, 3.8) is 0 Å². The molecule has 8 heteroatoms. The van der Waals surface area contributed by atoms with E-state index >= 15 is 0 Å². The molecule has 1 aromatic carbocycles. The van der Waals surface area contributed by atoms with Gasteiger partial charge in [-0.05, 0) is 22.6 Å². The van der Waals surface area contributed by atoms with E-state index in [1.807, 2.05) is 0 Å². The number of hydrogen-bond donors (Lipinski definition) is 1. The second kappa shape index (κ2) is 4.70. The average Bonchev–Trinajstić information content (AvgIpc) is 2.87. The summed E-state index contributed by atoms with van der Waals surface area (Å²) in [5.74, 6) is -0.560. The van der Waals surface area contributed by atoms with Crippen LogP contribution in [0.25, 0.3) is 5.69 Å². The summed E-state index contributed by atoms with van der Waals surface area (Å²) in [7, 11) is 2.97. The van der Waals surface area contributed by atoms with Gasteiger partial charge in [0.1, 0.15) is 17.2 Å². The number of nitrogens with zero attached hydrogens (tertiary/aromatic N) is 4. The van der Waals surface area contributed by atoms with E-state index in [2.05, 4.69) is 15.5 Å². The Hall–Kier alpha value is -2.64. The molecule has 0 atom stereocenters. The number of ether oxygens (including phenoxy) is 2. The molecule has 0 saturated carbocycles. The Labute approximate surface area is 102 Å². The number of methoxy groups -OCH3 is 2. The van der Waals surface area contributed by atoms with Gasteiger partial charge < -0.3 is 14.6 Å². The van der Waals surface area contributed by atoms with E-state index in [-0.39, 0.29) is 5.82 Å². The number of carbonyl (C=O) groups is 1. The summed E-state index contributed by atoms with van der Waals surface area (Å²) in [5, 5.41) is 19.4. The molecule has 1 heterocycles. The van der Waals surface area contributed by atoms with Gasteiger partial charge >= 0.3 is 5.97 Å². The van der Waals surface area contributed by atoms with E-state index in [1.54, 1.807) is 18.2 Å². The fourth-order valence-electron chi connectivity index (χ4n) is 1.45. The lowest BCUT2D eigenvalue weighted by atomic mass is 10.2. The molecule has 0 saturated heterocycles. The van der Waals surface area contributed by atoms with Crippen LogP contribution in [0.2, 0.25) is 0 Å². The summed E-state index contributed by atoms with van der Waals surface area (Å²) in [5.41, 5.74) is 0.388. The third kappa shape index (κ3) is 1.95. The van der Waals surface area contributed by atoms with E-state index in [0.717, 1.165) is 4.68 Å². The molecule has 0 amide bonds. The number of rotatable bonds is 4. The summed E-state index contributed by atoms with van der Waals surface area (Å²) in [6, 6.07) is 4.91. The number of tetrazole rings is 1. The quantitative estimate of drug-likeness (QED) is 0.837. The first-order valence-corrected chi connectivity index (χ1v) is 4.91. The van der Waals surface area contributed by atoms with Gasteiger partial charge in [-0.25, -0.2) is 4.79 Å².